The molecule has 0 saturated heterocycles. The lowest BCUT2D eigenvalue weighted by Gasteiger charge is -2.11. The van der Waals surface area contributed by atoms with Crippen molar-refractivity contribution in [3.05, 3.63) is 5.69 Å². The Morgan fingerprint density at radius 2 is 2.19 bits per heavy atom. The largest absolute Gasteiger partial charge is 0.369 e. The normalized spacial score (nSPS) is 13.5. The summed E-state index contributed by atoms with van der Waals surface area (Å²) in [5, 5.41) is 4.87. The maximum atomic E-state index is 5.94. The Hall–Kier alpha value is -1.17. The quantitative estimate of drug-likeness (QED) is 0.879. The molecule has 0 spiro atoms. The fourth-order valence-electron chi connectivity index (χ4n) is 1.86. The standard InChI is InChI=1S/C10H17N5S/c1-6(16-4)5-15-9-8(12-10(15)11)7(2)13-14(9)3/h6H,5H2,1-4H3,(H2,11,12). The molecule has 2 N–H and O–H groups in total. The van der Waals surface area contributed by atoms with Gasteiger partial charge in [-0.3, -0.25) is 9.25 Å². The Labute approximate surface area is 99.0 Å². The van der Waals surface area contributed by atoms with Gasteiger partial charge in [0.15, 0.2) is 5.65 Å². The second-order valence-corrected chi connectivity index (χ2v) is 5.28. The first-order chi connectivity index (χ1) is 7.54. The van der Waals surface area contributed by atoms with Gasteiger partial charge in [-0.15, -0.1) is 0 Å². The number of aromatic nitrogens is 4. The van der Waals surface area contributed by atoms with Crippen LogP contribution in [-0.4, -0.2) is 30.8 Å². The minimum absolute atomic E-state index is 0.509. The van der Waals surface area contributed by atoms with E-state index in [1.807, 2.05) is 35.0 Å². The van der Waals surface area contributed by atoms with Crippen molar-refractivity contribution in [2.45, 2.75) is 25.6 Å². The van der Waals surface area contributed by atoms with Gasteiger partial charge in [0.2, 0.25) is 5.95 Å². The van der Waals surface area contributed by atoms with Gasteiger partial charge in [-0.05, 0) is 13.2 Å². The minimum atomic E-state index is 0.509. The lowest BCUT2D eigenvalue weighted by atomic mass is 10.4. The number of thioether (sulfide) groups is 1. The molecule has 5 nitrogen and oxygen atoms in total. The first kappa shape index (κ1) is 11.3. The number of aryl methyl sites for hydroxylation is 2. The molecule has 2 aromatic heterocycles. The van der Waals surface area contributed by atoms with Crippen LogP contribution in [0.1, 0.15) is 12.6 Å². The number of imidazole rings is 1. The van der Waals surface area contributed by atoms with Crippen LogP contribution in [0.25, 0.3) is 11.2 Å². The van der Waals surface area contributed by atoms with E-state index in [9.17, 15) is 0 Å². The molecule has 88 valence electrons. The predicted molar refractivity (Wildman–Crippen MR) is 68.6 cm³/mol. The minimum Gasteiger partial charge on any atom is -0.369 e. The Morgan fingerprint density at radius 1 is 1.50 bits per heavy atom. The molecule has 1 atom stereocenters. The predicted octanol–water partition coefficient (Wildman–Crippen LogP) is 1.41. The average Bonchev–Trinajstić information content (AvgIpc) is 2.68. The zero-order valence-electron chi connectivity index (χ0n) is 10.1. The van der Waals surface area contributed by atoms with E-state index in [-0.39, 0.29) is 0 Å². The highest BCUT2D eigenvalue weighted by Crippen LogP contribution is 2.22. The van der Waals surface area contributed by atoms with Crippen LogP contribution in [0.2, 0.25) is 0 Å². The molecular weight excluding hydrogens is 222 g/mol. The smallest absolute Gasteiger partial charge is 0.202 e. The van der Waals surface area contributed by atoms with Crippen LogP contribution in [0.3, 0.4) is 0 Å². The molecule has 1 unspecified atom stereocenters. The highest BCUT2D eigenvalue weighted by Gasteiger charge is 2.16. The van der Waals surface area contributed by atoms with Crippen molar-refractivity contribution in [2.75, 3.05) is 12.0 Å². The van der Waals surface area contributed by atoms with Crippen LogP contribution in [-0.2, 0) is 13.6 Å². The van der Waals surface area contributed by atoms with Gasteiger partial charge in [-0.1, -0.05) is 6.92 Å². The molecule has 0 amide bonds. The van der Waals surface area contributed by atoms with Crippen LogP contribution in [0.15, 0.2) is 0 Å². The van der Waals surface area contributed by atoms with Gasteiger partial charge >= 0.3 is 0 Å². The van der Waals surface area contributed by atoms with Gasteiger partial charge in [0.25, 0.3) is 0 Å². The number of rotatable bonds is 3. The summed E-state index contributed by atoms with van der Waals surface area (Å²) >= 11 is 1.82. The number of nitrogens with zero attached hydrogens (tertiary/aromatic N) is 4. The third-order valence-electron chi connectivity index (χ3n) is 2.76. The lowest BCUT2D eigenvalue weighted by Crippen LogP contribution is -2.13. The van der Waals surface area contributed by atoms with Gasteiger partial charge < -0.3 is 5.73 Å². The lowest BCUT2D eigenvalue weighted by molar-refractivity contribution is 0.677. The van der Waals surface area contributed by atoms with E-state index in [2.05, 4.69) is 23.3 Å². The number of anilines is 1. The SMILES string of the molecule is CSC(C)Cn1c(N)nc2c(C)nn(C)c21. The topological polar surface area (TPSA) is 61.7 Å². The second-order valence-electron chi connectivity index (χ2n) is 4.01. The van der Waals surface area contributed by atoms with Gasteiger partial charge in [0.05, 0.1) is 5.69 Å². The number of hydrogen-bond acceptors (Lipinski definition) is 4. The molecule has 0 saturated carbocycles. The summed E-state index contributed by atoms with van der Waals surface area (Å²) in [5.41, 5.74) is 8.79. The number of nitrogen functional groups attached to an aromatic ring is 1. The van der Waals surface area contributed by atoms with E-state index in [1.165, 1.54) is 0 Å². The first-order valence-corrected chi connectivity index (χ1v) is 6.51. The molecule has 0 aromatic carbocycles. The molecule has 16 heavy (non-hydrogen) atoms. The van der Waals surface area contributed by atoms with Crippen LogP contribution in [0.4, 0.5) is 5.95 Å². The average molecular weight is 239 g/mol. The van der Waals surface area contributed by atoms with Crippen LogP contribution in [0, 0.1) is 6.92 Å². The molecule has 0 fully saturated rings. The Kier molecular flexibility index (Phi) is 2.84. The Balaban J connectivity index is 2.54. The first-order valence-electron chi connectivity index (χ1n) is 5.22. The van der Waals surface area contributed by atoms with Gasteiger partial charge in [-0.25, -0.2) is 4.98 Å². The molecule has 6 heteroatoms. The molecule has 0 radical (unpaired) electrons. The summed E-state index contributed by atoms with van der Waals surface area (Å²) in [6, 6.07) is 0. The van der Waals surface area contributed by atoms with Crippen molar-refractivity contribution in [1.29, 1.82) is 0 Å². The molecular formula is C10H17N5S. The van der Waals surface area contributed by atoms with E-state index in [4.69, 9.17) is 5.73 Å². The maximum absolute atomic E-state index is 5.94. The number of fused-ring (bicyclic) bond motifs is 1. The third kappa shape index (κ3) is 1.67. The molecule has 2 rings (SSSR count). The van der Waals surface area contributed by atoms with Crippen molar-refractivity contribution >= 4 is 28.9 Å². The summed E-state index contributed by atoms with van der Waals surface area (Å²) in [6.45, 7) is 5.00. The van der Waals surface area contributed by atoms with Crippen molar-refractivity contribution < 1.29 is 0 Å². The zero-order valence-corrected chi connectivity index (χ0v) is 10.9. The van der Waals surface area contributed by atoms with Gasteiger partial charge in [0.1, 0.15) is 5.52 Å². The van der Waals surface area contributed by atoms with Crippen molar-refractivity contribution in [2.24, 2.45) is 7.05 Å². The van der Waals surface area contributed by atoms with Gasteiger partial charge in [-0.2, -0.15) is 16.9 Å². The Morgan fingerprint density at radius 3 is 2.81 bits per heavy atom. The number of hydrogen-bond donors (Lipinski definition) is 1. The van der Waals surface area contributed by atoms with Crippen LogP contribution < -0.4 is 5.73 Å². The van der Waals surface area contributed by atoms with E-state index < -0.39 is 0 Å². The van der Waals surface area contributed by atoms with Crippen molar-refractivity contribution in [3.8, 4) is 0 Å². The van der Waals surface area contributed by atoms with E-state index in [1.54, 1.807) is 0 Å². The summed E-state index contributed by atoms with van der Waals surface area (Å²) in [6.07, 6.45) is 2.10. The molecule has 0 aliphatic rings. The monoisotopic (exact) mass is 239 g/mol. The fraction of sp³-hybridized carbons (Fsp3) is 0.600. The van der Waals surface area contributed by atoms with Crippen LogP contribution in [0.5, 0.6) is 0 Å². The Bertz CT molecular complexity index is 513. The summed E-state index contributed by atoms with van der Waals surface area (Å²) in [7, 11) is 1.93. The van der Waals surface area contributed by atoms with E-state index >= 15 is 0 Å². The summed E-state index contributed by atoms with van der Waals surface area (Å²) < 4.78 is 3.89. The van der Waals surface area contributed by atoms with E-state index in [0.717, 1.165) is 23.4 Å². The number of nitrogens with two attached hydrogens (primary N) is 1. The van der Waals surface area contributed by atoms with Crippen molar-refractivity contribution in [3.63, 3.8) is 0 Å². The molecule has 2 heterocycles. The summed E-state index contributed by atoms with van der Waals surface area (Å²) in [4.78, 5) is 4.37. The molecule has 0 aliphatic heterocycles. The molecule has 0 bridgehead atoms. The fourth-order valence-corrected chi connectivity index (χ4v) is 2.16. The molecule has 0 aliphatic carbocycles. The zero-order chi connectivity index (χ0) is 11.9. The van der Waals surface area contributed by atoms with E-state index in [0.29, 0.717) is 11.2 Å². The van der Waals surface area contributed by atoms with Crippen LogP contribution >= 0.6 is 11.8 Å². The maximum Gasteiger partial charge on any atom is 0.202 e. The highest BCUT2D eigenvalue weighted by molar-refractivity contribution is 7.99. The summed E-state index contributed by atoms with van der Waals surface area (Å²) in [5.74, 6) is 0.576. The molecule has 2 aromatic rings. The second kappa shape index (κ2) is 4.01. The van der Waals surface area contributed by atoms with Crippen molar-refractivity contribution in [1.82, 2.24) is 19.3 Å². The highest BCUT2D eigenvalue weighted by atomic mass is 32.2. The third-order valence-corrected chi connectivity index (χ3v) is 3.72. The van der Waals surface area contributed by atoms with Gasteiger partial charge in [0, 0.05) is 18.8 Å².